The fourth-order valence-corrected chi connectivity index (χ4v) is 4.44. The average molecular weight is 406 g/mol. The molecule has 0 atom stereocenters. The average Bonchev–Trinajstić information content (AvgIpc) is 2.78. The first-order chi connectivity index (χ1) is 14.6. The molecule has 1 aromatic heterocycles. The molecule has 2 N–H and O–H groups in total. The topological polar surface area (TPSA) is 60.6 Å². The summed E-state index contributed by atoms with van der Waals surface area (Å²) in [5.41, 5.74) is 9.62. The van der Waals surface area contributed by atoms with E-state index in [1.54, 1.807) is 14.2 Å². The maximum atomic E-state index is 6.20. The van der Waals surface area contributed by atoms with Gasteiger partial charge in [-0.05, 0) is 68.0 Å². The first-order valence-corrected chi connectivity index (χ1v) is 10.7. The molecule has 5 nitrogen and oxygen atoms in total. The summed E-state index contributed by atoms with van der Waals surface area (Å²) in [6, 6.07) is 17.4. The maximum Gasteiger partial charge on any atom is 0.130 e. The van der Waals surface area contributed by atoms with Crippen LogP contribution in [-0.2, 0) is 6.54 Å². The number of nitrogens with zero attached hydrogens (tertiary/aromatic N) is 2. The Kier molecular flexibility index (Phi) is 6.09. The third-order valence-corrected chi connectivity index (χ3v) is 6.15. The van der Waals surface area contributed by atoms with Crippen molar-refractivity contribution >= 4 is 16.7 Å². The Morgan fingerprint density at radius 1 is 0.967 bits per heavy atom. The highest BCUT2D eigenvalue weighted by molar-refractivity contribution is 5.83. The van der Waals surface area contributed by atoms with Gasteiger partial charge in [0, 0.05) is 30.1 Å². The molecule has 1 fully saturated rings. The number of benzene rings is 2. The van der Waals surface area contributed by atoms with E-state index in [-0.39, 0.29) is 0 Å². The number of pyridine rings is 1. The normalized spacial score (nSPS) is 18.9. The van der Waals surface area contributed by atoms with Crippen molar-refractivity contribution in [1.82, 2.24) is 4.98 Å². The van der Waals surface area contributed by atoms with Crippen LogP contribution in [0.5, 0.6) is 11.5 Å². The van der Waals surface area contributed by atoms with Crippen LogP contribution in [0.25, 0.3) is 10.9 Å². The second kappa shape index (κ2) is 8.92. The number of nitrogens with two attached hydrogens (primary N) is 1. The van der Waals surface area contributed by atoms with Crippen molar-refractivity contribution in [2.75, 3.05) is 19.1 Å². The van der Waals surface area contributed by atoms with Crippen molar-refractivity contribution in [2.24, 2.45) is 5.73 Å². The lowest BCUT2D eigenvalue weighted by molar-refractivity contribution is 0.371. The van der Waals surface area contributed by atoms with E-state index in [2.05, 4.69) is 54.3 Å². The minimum atomic E-state index is 0.311. The Morgan fingerprint density at radius 3 is 2.30 bits per heavy atom. The van der Waals surface area contributed by atoms with Gasteiger partial charge in [-0.25, -0.2) is 4.98 Å². The van der Waals surface area contributed by atoms with Gasteiger partial charge >= 0.3 is 0 Å². The number of methoxy groups -OCH3 is 2. The number of anilines is 1. The van der Waals surface area contributed by atoms with Gasteiger partial charge in [-0.15, -0.1) is 0 Å². The van der Waals surface area contributed by atoms with E-state index >= 15 is 0 Å². The van der Waals surface area contributed by atoms with Gasteiger partial charge in [0.25, 0.3) is 0 Å². The standard InChI is InChI=1S/C25H31N3O2/c1-17-12-25(27-24-7-5-4-6-23(17)24)28(20-10-8-19(26)9-11-20)16-18-13-21(29-2)15-22(14-18)30-3/h4-7,12-15,19-20H,8-11,16,26H2,1-3H3. The van der Waals surface area contributed by atoms with E-state index < -0.39 is 0 Å². The molecule has 158 valence electrons. The summed E-state index contributed by atoms with van der Waals surface area (Å²) in [6.07, 6.45) is 4.26. The van der Waals surface area contributed by atoms with Crippen LogP contribution in [0, 0.1) is 6.92 Å². The first kappa shape index (κ1) is 20.5. The number of aromatic nitrogens is 1. The van der Waals surface area contributed by atoms with Crippen molar-refractivity contribution in [3.05, 3.63) is 59.7 Å². The molecule has 1 aliphatic rings. The monoisotopic (exact) mass is 405 g/mol. The van der Waals surface area contributed by atoms with Gasteiger partial charge < -0.3 is 20.1 Å². The van der Waals surface area contributed by atoms with Gasteiger partial charge in [0.1, 0.15) is 17.3 Å². The van der Waals surface area contributed by atoms with E-state index in [1.165, 1.54) is 10.9 Å². The third-order valence-electron chi connectivity index (χ3n) is 6.15. The maximum absolute atomic E-state index is 6.20. The zero-order valence-corrected chi connectivity index (χ0v) is 18.1. The number of rotatable bonds is 6. The Bertz CT molecular complexity index is 990. The summed E-state index contributed by atoms with van der Waals surface area (Å²) in [7, 11) is 3.38. The van der Waals surface area contributed by atoms with E-state index in [0.717, 1.165) is 60.6 Å². The lowest BCUT2D eigenvalue weighted by Crippen LogP contribution is -2.41. The molecule has 1 heterocycles. The number of fused-ring (bicyclic) bond motifs is 1. The highest BCUT2D eigenvalue weighted by Crippen LogP contribution is 2.32. The van der Waals surface area contributed by atoms with Gasteiger partial charge in [0.2, 0.25) is 0 Å². The van der Waals surface area contributed by atoms with Gasteiger partial charge in [0.15, 0.2) is 0 Å². The molecular formula is C25H31N3O2. The predicted molar refractivity (Wildman–Crippen MR) is 122 cm³/mol. The number of para-hydroxylation sites is 1. The van der Waals surface area contributed by atoms with Crippen molar-refractivity contribution in [3.63, 3.8) is 0 Å². The van der Waals surface area contributed by atoms with Crippen molar-refractivity contribution in [2.45, 2.75) is 51.2 Å². The Balaban J connectivity index is 1.74. The molecule has 3 aromatic rings. The van der Waals surface area contributed by atoms with Crippen LogP contribution in [0.4, 0.5) is 5.82 Å². The van der Waals surface area contributed by atoms with Crippen LogP contribution in [0.15, 0.2) is 48.5 Å². The lowest BCUT2D eigenvalue weighted by atomic mass is 9.90. The number of aryl methyl sites for hydroxylation is 1. The molecule has 2 aromatic carbocycles. The SMILES string of the molecule is COc1cc(CN(c2cc(C)c3ccccc3n2)C2CCC(N)CC2)cc(OC)c1. The Hall–Kier alpha value is -2.79. The molecule has 0 unspecified atom stereocenters. The number of ether oxygens (including phenoxy) is 2. The van der Waals surface area contributed by atoms with Gasteiger partial charge in [-0.1, -0.05) is 18.2 Å². The summed E-state index contributed by atoms with van der Waals surface area (Å²) >= 11 is 0. The van der Waals surface area contributed by atoms with Gasteiger partial charge in [-0.2, -0.15) is 0 Å². The zero-order valence-electron chi connectivity index (χ0n) is 18.1. The fraction of sp³-hybridized carbons (Fsp3) is 0.400. The van der Waals surface area contributed by atoms with Crippen molar-refractivity contribution < 1.29 is 9.47 Å². The molecule has 30 heavy (non-hydrogen) atoms. The summed E-state index contributed by atoms with van der Waals surface area (Å²) in [5.74, 6) is 2.63. The Labute approximate surface area is 178 Å². The molecule has 0 amide bonds. The molecule has 0 spiro atoms. The van der Waals surface area contributed by atoms with Crippen LogP contribution in [0.3, 0.4) is 0 Å². The quantitative estimate of drug-likeness (QED) is 0.636. The van der Waals surface area contributed by atoms with Gasteiger partial charge in [0.05, 0.1) is 19.7 Å². The second-order valence-electron chi connectivity index (χ2n) is 8.23. The first-order valence-electron chi connectivity index (χ1n) is 10.7. The highest BCUT2D eigenvalue weighted by atomic mass is 16.5. The molecule has 0 aliphatic heterocycles. The minimum absolute atomic E-state index is 0.311. The molecule has 0 bridgehead atoms. The minimum Gasteiger partial charge on any atom is -0.497 e. The van der Waals surface area contributed by atoms with E-state index in [0.29, 0.717) is 12.1 Å². The highest BCUT2D eigenvalue weighted by Gasteiger charge is 2.26. The number of hydrogen-bond donors (Lipinski definition) is 1. The molecule has 1 aliphatic carbocycles. The summed E-state index contributed by atoms with van der Waals surface area (Å²) in [4.78, 5) is 7.49. The summed E-state index contributed by atoms with van der Waals surface area (Å²) in [5, 5.41) is 1.20. The van der Waals surface area contributed by atoms with Crippen molar-refractivity contribution in [3.8, 4) is 11.5 Å². The largest absolute Gasteiger partial charge is 0.497 e. The van der Waals surface area contributed by atoms with Crippen LogP contribution in [0.1, 0.15) is 36.8 Å². The lowest BCUT2D eigenvalue weighted by Gasteiger charge is -2.37. The molecular weight excluding hydrogens is 374 g/mol. The molecule has 0 saturated heterocycles. The second-order valence-corrected chi connectivity index (χ2v) is 8.23. The Morgan fingerprint density at radius 2 is 1.63 bits per heavy atom. The smallest absolute Gasteiger partial charge is 0.130 e. The van der Waals surface area contributed by atoms with E-state index in [1.807, 2.05) is 6.07 Å². The molecule has 0 radical (unpaired) electrons. The summed E-state index contributed by atoms with van der Waals surface area (Å²) in [6.45, 7) is 2.91. The van der Waals surface area contributed by atoms with Crippen LogP contribution >= 0.6 is 0 Å². The zero-order chi connectivity index (χ0) is 21.1. The molecule has 1 saturated carbocycles. The predicted octanol–water partition coefficient (Wildman–Crippen LogP) is 4.84. The van der Waals surface area contributed by atoms with Crippen molar-refractivity contribution in [1.29, 1.82) is 0 Å². The molecule has 5 heteroatoms. The summed E-state index contributed by atoms with van der Waals surface area (Å²) < 4.78 is 11.0. The third kappa shape index (κ3) is 4.36. The van der Waals surface area contributed by atoms with E-state index in [9.17, 15) is 0 Å². The van der Waals surface area contributed by atoms with E-state index in [4.69, 9.17) is 20.2 Å². The van der Waals surface area contributed by atoms with Crippen LogP contribution < -0.4 is 20.1 Å². The van der Waals surface area contributed by atoms with Crippen LogP contribution in [-0.4, -0.2) is 31.3 Å². The van der Waals surface area contributed by atoms with Crippen LogP contribution in [0.2, 0.25) is 0 Å². The fourth-order valence-electron chi connectivity index (χ4n) is 4.44. The van der Waals surface area contributed by atoms with Gasteiger partial charge in [-0.3, -0.25) is 0 Å². The molecule has 4 rings (SSSR count). The number of hydrogen-bond acceptors (Lipinski definition) is 5.